The van der Waals surface area contributed by atoms with E-state index >= 15 is 0 Å². The molecular formula is C17H34N4. The molecule has 2 aliphatic rings. The standard InChI is InChI=1S/C17H34N4/c1-4-9-20-10-8-16(14-20)13-19-17(18-5-2)21-11-6-15(3)7-12-21/h15-16H,4-14H2,1-3H3,(H,18,19). The van der Waals surface area contributed by atoms with Crippen LogP contribution in [0, 0.1) is 11.8 Å². The first-order valence-corrected chi connectivity index (χ1v) is 8.98. The summed E-state index contributed by atoms with van der Waals surface area (Å²) in [6.45, 7) is 14.9. The van der Waals surface area contributed by atoms with Crippen LogP contribution in [0.25, 0.3) is 0 Å². The summed E-state index contributed by atoms with van der Waals surface area (Å²) in [5, 5.41) is 3.49. The van der Waals surface area contributed by atoms with Crippen molar-refractivity contribution in [2.75, 3.05) is 45.8 Å². The molecule has 0 aromatic carbocycles. The van der Waals surface area contributed by atoms with Gasteiger partial charge in [-0.1, -0.05) is 13.8 Å². The Kier molecular flexibility index (Phi) is 6.81. The molecule has 21 heavy (non-hydrogen) atoms. The van der Waals surface area contributed by atoms with Crippen molar-refractivity contribution in [2.24, 2.45) is 16.8 Å². The zero-order valence-electron chi connectivity index (χ0n) is 14.3. The summed E-state index contributed by atoms with van der Waals surface area (Å²) < 4.78 is 0. The van der Waals surface area contributed by atoms with Crippen LogP contribution >= 0.6 is 0 Å². The third kappa shape index (κ3) is 5.17. The number of nitrogens with zero attached hydrogens (tertiary/aromatic N) is 3. The normalized spacial score (nSPS) is 25.6. The van der Waals surface area contributed by atoms with Crippen LogP contribution in [0.3, 0.4) is 0 Å². The number of hydrogen-bond donors (Lipinski definition) is 1. The topological polar surface area (TPSA) is 30.9 Å². The first-order valence-electron chi connectivity index (χ1n) is 8.98. The molecule has 0 radical (unpaired) electrons. The molecule has 2 rings (SSSR count). The van der Waals surface area contributed by atoms with Crippen LogP contribution in [0.4, 0.5) is 0 Å². The Bertz CT molecular complexity index is 321. The average molecular weight is 294 g/mol. The first kappa shape index (κ1) is 16.6. The van der Waals surface area contributed by atoms with E-state index in [1.165, 1.54) is 58.4 Å². The fraction of sp³-hybridized carbons (Fsp3) is 0.941. The van der Waals surface area contributed by atoms with E-state index in [1.807, 2.05) is 0 Å². The van der Waals surface area contributed by atoms with Gasteiger partial charge in [0.25, 0.3) is 0 Å². The van der Waals surface area contributed by atoms with Gasteiger partial charge in [-0.15, -0.1) is 0 Å². The number of hydrogen-bond acceptors (Lipinski definition) is 2. The van der Waals surface area contributed by atoms with Crippen LogP contribution in [0.5, 0.6) is 0 Å². The second-order valence-electron chi connectivity index (χ2n) is 6.82. The Hall–Kier alpha value is -0.770. The van der Waals surface area contributed by atoms with Gasteiger partial charge < -0.3 is 15.1 Å². The van der Waals surface area contributed by atoms with Gasteiger partial charge in [0.15, 0.2) is 5.96 Å². The highest BCUT2D eigenvalue weighted by Crippen LogP contribution is 2.18. The molecule has 4 nitrogen and oxygen atoms in total. The molecule has 0 aromatic heterocycles. The molecule has 1 atom stereocenters. The molecule has 2 fully saturated rings. The molecule has 2 aliphatic heterocycles. The Labute approximate surface area is 131 Å². The van der Waals surface area contributed by atoms with E-state index in [1.54, 1.807) is 0 Å². The van der Waals surface area contributed by atoms with E-state index < -0.39 is 0 Å². The summed E-state index contributed by atoms with van der Waals surface area (Å²) in [7, 11) is 0. The second-order valence-corrected chi connectivity index (χ2v) is 6.82. The van der Waals surface area contributed by atoms with Crippen molar-refractivity contribution >= 4 is 5.96 Å². The highest BCUT2D eigenvalue weighted by atomic mass is 15.3. The lowest BCUT2D eigenvalue weighted by Gasteiger charge is -2.33. The van der Waals surface area contributed by atoms with Crippen molar-refractivity contribution in [1.82, 2.24) is 15.1 Å². The van der Waals surface area contributed by atoms with Crippen molar-refractivity contribution in [3.63, 3.8) is 0 Å². The quantitative estimate of drug-likeness (QED) is 0.624. The van der Waals surface area contributed by atoms with Crippen molar-refractivity contribution in [1.29, 1.82) is 0 Å². The summed E-state index contributed by atoms with van der Waals surface area (Å²) in [5.74, 6) is 2.79. The predicted molar refractivity (Wildman–Crippen MR) is 90.8 cm³/mol. The van der Waals surface area contributed by atoms with Crippen LogP contribution in [0.2, 0.25) is 0 Å². The molecular weight excluding hydrogens is 260 g/mol. The second kappa shape index (κ2) is 8.62. The number of piperidine rings is 1. The van der Waals surface area contributed by atoms with Crippen molar-refractivity contribution in [2.45, 2.75) is 46.5 Å². The van der Waals surface area contributed by atoms with Crippen molar-refractivity contribution < 1.29 is 0 Å². The maximum Gasteiger partial charge on any atom is 0.193 e. The Balaban J connectivity index is 1.83. The molecule has 0 spiro atoms. The molecule has 0 bridgehead atoms. The Morgan fingerprint density at radius 1 is 1.14 bits per heavy atom. The SMILES string of the molecule is CCCN1CCC(CN=C(NCC)N2CCC(C)CC2)C1. The van der Waals surface area contributed by atoms with Crippen LogP contribution in [-0.2, 0) is 0 Å². The van der Waals surface area contributed by atoms with Gasteiger partial charge in [0.2, 0.25) is 0 Å². The van der Waals surface area contributed by atoms with Gasteiger partial charge in [0.05, 0.1) is 0 Å². The number of rotatable bonds is 5. The summed E-state index contributed by atoms with van der Waals surface area (Å²) in [5.41, 5.74) is 0. The van der Waals surface area contributed by atoms with Crippen molar-refractivity contribution in [3.05, 3.63) is 0 Å². The van der Waals surface area contributed by atoms with Gasteiger partial charge in [0.1, 0.15) is 0 Å². The number of aliphatic imine (C=N–C) groups is 1. The molecule has 2 saturated heterocycles. The van der Waals surface area contributed by atoms with Gasteiger partial charge in [-0.25, -0.2) is 0 Å². The summed E-state index contributed by atoms with van der Waals surface area (Å²) in [4.78, 5) is 10.00. The van der Waals surface area contributed by atoms with Crippen molar-refractivity contribution in [3.8, 4) is 0 Å². The van der Waals surface area contributed by atoms with Gasteiger partial charge in [-0.2, -0.15) is 0 Å². The lowest BCUT2D eigenvalue weighted by Crippen LogP contribution is -2.45. The Morgan fingerprint density at radius 2 is 1.90 bits per heavy atom. The van der Waals surface area contributed by atoms with Gasteiger partial charge in [-0.3, -0.25) is 4.99 Å². The summed E-state index contributed by atoms with van der Waals surface area (Å²) in [6.07, 6.45) is 5.20. The molecule has 2 heterocycles. The minimum atomic E-state index is 0.758. The van der Waals surface area contributed by atoms with Crippen LogP contribution in [0.1, 0.15) is 46.5 Å². The maximum atomic E-state index is 4.94. The van der Waals surface area contributed by atoms with E-state index in [2.05, 4.69) is 35.9 Å². The monoisotopic (exact) mass is 294 g/mol. The summed E-state index contributed by atoms with van der Waals surface area (Å²) >= 11 is 0. The highest BCUT2D eigenvalue weighted by molar-refractivity contribution is 5.80. The lowest BCUT2D eigenvalue weighted by molar-refractivity contribution is 0.272. The summed E-state index contributed by atoms with van der Waals surface area (Å²) in [6, 6.07) is 0. The highest BCUT2D eigenvalue weighted by Gasteiger charge is 2.23. The van der Waals surface area contributed by atoms with E-state index in [-0.39, 0.29) is 0 Å². The maximum absolute atomic E-state index is 4.94. The van der Waals surface area contributed by atoms with Crippen LogP contribution < -0.4 is 5.32 Å². The fourth-order valence-corrected chi connectivity index (χ4v) is 3.44. The van der Waals surface area contributed by atoms with Gasteiger partial charge >= 0.3 is 0 Å². The van der Waals surface area contributed by atoms with E-state index in [9.17, 15) is 0 Å². The molecule has 0 amide bonds. The zero-order valence-corrected chi connectivity index (χ0v) is 14.3. The van der Waals surface area contributed by atoms with E-state index in [0.717, 1.165) is 30.9 Å². The third-order valence-corrected chi connectivity index (χ3v) is 4.83. The van der Waals surface area contributed by atoms with Gasteiger partial charge in [0, 0.05) is 32.7 Å². The predicted octanol–water partition coefficient (Wildman–Crippen LogP) is 2.42. The minimum absolute atomic E-state index is 0.758. The molecule has 0 aliphatic carbocycles. The Morgan fingerprint density at radius 3 is 2.57 bits per heavy atom. The van der Waals surface area contributed by atoms with Gasteiger partial charge in [-0.05, 0) is 57.5 Å². The minimum Gasteiger partial charge on any atom is -0.357 e. The largest absolute Gasteiger partial charge is 0.357 e. The molecule has 0 aromatic rings. The van der Waals surface area contributed by atoms with Crippen LogP contribution in [0.15, 0.2) is 4.99 Å². The number of guanidine groups is 1. The molecule has 4 heteroatoms. The number of nitrogens with one attached hydrogen (secondary N) is 1. The smallest absolute Gasteiger partial charge is 0.193 e. The third-order valence-electron chi connectivity index (χ3n) is 4.83. The molecule has 1 N–H and O–H groups in total. The van der Waals surface area contributed by atoms with E-state index in [4.69, 9.17) is 4.99 Å². The molecule has 0 saturated carbocycles. The molecule has 122 valence electrons. The first-order chi connectivity index (χ1) is 10.2. The fourth-order valence-electron chi connectivity index (χ4n) is 3.44. The van der Waals surface area contributed by atoms with Crippen LogP contribution in [-0.4, -0.2) is 61.6 Å². The number of likely N-dealkylation sites (tertiary alicyclic amines) is 2. The van der Waals surface area contributed by atoms with E-state index in [0.29, 0.717) is 0 Å². The molecule has 1 unspecified atom stereocenters. The average Bonchev–Trinajstić information content (AvgIpc) is 2.93. The lowest BCUT2D eigenvalue weighted by atomic mass is 9.99. The zero-order chi connectivity index (χ0) is 15.1.